The minimum atomic E-state index is -4.85. The highest BCUT2D eigenvalue weighted by Crippen LogP contribution is 2.39. The van der Waals surface area contributed by atoms with Gasteiger partial charge in [-0.05, 0) is 6.07 Å². The molecule has 1 saturated heterocycles. The van der Waals surface area contributed by atoms with Crippen LogP contribution in [-0.4, -0.2) is 64.4 Å². The van der Waals surface area contributed by atoms with E-state index >= 15 is 0 Å². The summed E-state index contributed by atoms with van der Waals surface area (Å²) in [5.41, 5.74) is -0.401. The van der Waals surface area contributed by atoms with Crippen LogP contribution in [0.4, 0.5) is 23.4 Å². The Morgan fingerprint density at radius 1 is 1.09 bits per heavy atom. The molecule has 3 heterocycles. The van der Waals surface area contributed by atoms with Gasteiger partial charge in [0.1, 0.15) is 24.6 Å². The molecule has 0 bridgehead atoms. The highest BCUT2D eigenvalue weighted by atomic mass is 31.2. The number of imidazole rings is 1. The molecule has 5 N–H and O–H groups in total. The molecule has 2 aromatic heterocycles. The molecule has 4 atom stereocenters. The second kappa shape index (κ2) is 9.14. The molecule has 4 rings (SSSR count). The highest BCUT2D eigenvalue weighted by Gasteiger charge is 2.45. The van der Waals surface area contributed by atoms with Crippen LogP contribution in [-0.2, 0) is 20.4 Å². The highest BCUT2D eigenvalue weighted by molar-refractivity contribution is 7.46. The van der Waals surface area contributed by atoms with E-state index < -0.39 is 74.3 Å². The number of nitrogens with one attached hydrogen (secondary N) is 1. The minimum Gasteiger partial charge on any atom is -0.387 e. The van der Waals surface area contributed by atoms with Gasteiger partial charge in [0, 0.05) is 12.1 Å². The van der Waals surface area contributed by atoms with Crippen molar-refractivity contribution in [1.29, 1.82) is 0 Å². The average Bonchev–Trinajstić information content (AvgIpc) is 3.33. The van der Waals surface area contributed by atoms with Crippen LogP contribution >= 0.6 is 7.82 Å². The first-order valence-corrected chi connectivity index (χ1v) is 11.0. The Hall–Kier alpha value is -2.72. The van der Waals surface area contributed by atoms with E-state index in [9.17, 15) is 32.3 Å². The molecule has 0 amide bonds. The summed E-state index contributed by atoms with van der Waals surface area (Å²) in [5, 5.41) is 23.1. The van der Waals surface area contributed by atoms with Gasteiger partial charge in [-0.3, -0.25) is 9.09 Å². The van der Waals surface area contributed by atoms with Gasteiger partial charge in [0.15, 0.2) is 46.5 Å². The third kappa shape index (κ3) is 4.61. The summed E-state index contributed by atoms with van der Waals surface area (Å²) in [4.78, 5) is 29.6. The van der Waals surface area contributed by atoms with Crippen LogP contribution < -0.4 is 5.32 Å². The van der Waals surface area contributed by atoms with Crippen LogP contribution in [0.2, 0.25) is 0 Å². The van der Waals surface area contributed by atoms with E-state index in [1.54, 1.807) is 0 Å². The normalized spacial score (nSPS) is 23.1. The third-order valence-corrected chi connectivity index (χ3v) is 5.49. The van der Waals surface area contributed by atoms with Crippen molar-refractivity contribution < 1.29 is 51.4 Å². The smallest absolute Gasteiger partial charge is 0.387 e. The molecule has 184 valence electrons. The Morgan fingerprint density at radius 2 is 1.82 bits per heavy atom. The fourth-order valence-electron chi connectivity index (χ4n) is 3.36. The van der Waals surface area contributed by atoms with E-state index in [1.165, 1.54) is 4.57 Å². The SMILES string of the molecule is O=P(O)(O)OC[C@H]1O[C@@H](n2cnc3c(NCc4cc(F)c(F)c(F)c4F)ncnc32)[C@H](O)[C@@H]1O. The standard InChI is InChI=1S/C17H16F4N5O7P/c18-7-1-6(9(19)11(21)10(7)20)2-22-15-12-16(24-4-23-15)26(5-25-12)17-14(28)13(27)8(33-17)3-32-34(29,30)31/h1,4-5,8,13-14,17,27-28H,2-3H2,(H,22,23,24)(H2,29,30,31)/t8-,13-,14-,17-/m1/s1. The quantitative estimate of drug-likeness (QED) is 0.132. The predicted octanol–water partition coefficient (Wildman–Crippen LogP) is 0.723. The number of nitrogens with zero attached hydrogens (tertiary/aromatic N) is 4. The van der Waals surface area contributed by atoms with Crippen LogP contribution in [0, 0.1) is 23.3 Å². The number of fused-ring (bicyclic) bond motifs is 1. The van der Waals surface area contributed by atoms with Crippen LogP contribution in [0.3, 0.4) is 0 Å². The maximum Gasteiger partial charge on any atom is 0.469 e. The van der Waals surface area contributed by atoms with Gasteiger partial charge in [-0.25, -0.2) is 37.1 Å². The van der Waals surface area contributed by atoms with Gasteiger partial charge in [-0.1, -0.05) is 0 Å². The number of benzene rings is 1. The summed E-state index contributed by atoms with van der Waals surface area (Å²) in [6.07, 6.45) is -3.50. The predicted molar refractivity (Wildman–Crippen MR) is 103 cm³/mol. The van der Waals surface area contributed by atoms with Crippen LogP contribution in [0.5, 0.6) is 0 Å². The number of aromatic nitrogens is 4. The monoisotopic (exact) mass is 509 g/mol. The summed E-state index contributed by atoms with van der Waals surface area (Å²) in [7, 11) is -4.85. The zero-order valence-electron chi connectivity index (χ0n) is 16.7. The number of aliphatic hydroxyl groups excluding tert-OH is 2. The maximum absolute atomic E-state index is 13.9. The number of aliphatic hydroxyl groups is 2. The van der Waals surface area contributed by atoms with E-state index in [0.717, 1.165) is 12.7 Å². The molecule has 0 aliphatic carbocycles. The lowest BCUT2D eigenvalue weighted by molar-refractivity contribution is -0.0504. The molecule has 12 nitrogen and oxygen atoms in total. The lowest BCUT2D eigenvalue weighted by atomic mass is 10.1. The minimum absolute atomic E-state index is 0.0114. The van der Waals surface area contributed by atoms with Crippen molar-refractivity contribution in [3.05, 3.63) is 47.6 Å². The summed E-state index contributed by atoms with van der Waals surface area (Å²) in [6.45, 7) is -1.22. The molecule has 1 aliphatic rings. The topological polar surface area (TPSA) is 172 Å². The molecule has 0 spiro atoms. The number of halogens is 4. The fourth-order valence-corrected chi connectivity index (χ4v) is 3.71. The van der Waals surface area contributed by atoms with Gasteiger partial charge in [0.05, 0.1) is 12.9 Å². The number of anilines is 1. The third-order valence-electron chi connectivity index (χ3n) is 5.00. The maximum atomic E-state index is 13.9. The van der Waals surface area contributed by atoms with Crippen molar-refractivity contribution in [1.82, 2.24) is 19.5 Å². The van der Waals surface area contributed by atoms with Crippen LogP contribution in [0.25, 0.3) is 11.2 Å². The van der Waals surface area contributed by atoms with Gasteiger partial charge in [-0.15, -0.1) is 0 Å². The Bertz CT molecular complexity index is 1270. The zero-order valence-corrected chi connectivity index (χ0v) is 17.6. The van der Waals surface area contributed by atoms with E-state index in [2.05, 4.69) is 24.8 Å². The molecule has 3 aromatic rings. The van der Waals surface area contributed by atoms with E-state index in [0.29, 0.717) is 6.07 Å². The molecule has 1 fully saturated rings. The average molecular weight is 509 g/mol. The largest absolute Gasteiger partial charge is 0.469 e. The van der Waals surface area contributed by atoms with Crippen molar-refractivity contribution in [2.45, 2.75) is 31.1 Å². The number of phosphoric acid groups is 1. The summed E-state index contributed by atoms with van der Waals surface area (Å²) in [6, 6.07) is 0.488. The number of hydrogen-bond donors (Lipinski definition) is 5. The second-order valence-electron chi connectivity index (χ2n) is 7.19. The molecule has 0 unspecified atom stereocenters. The second-order valence-corrected chi connectivity index (χ2v) is 8.43. The van der Waals surface area contributed by atoms with Gasteiger partial charge < -0.3 is 30.1 Å². The first-order chi connectivity index (χ1) is 16.0. The Kier molecular flexibility index (Phi) is 6.56. The number of rotatable bonds is 7. The summed E-state index contributed by atoms with van der Waals surface area (Å²) < 4.78 is 75.8. The molecule has 34 heavy (non-hydrogen) atoms. The fraction of sp³-hybridized carbons (Fsp3) is 0.353. The molecule has 0 saturated carbocycles. The summed E-state index contributed by atoms with van der Waals surface area (Å²) >= 11 is 0. The molecular weight excluding hydrogens is 493 g/mol. The molecule has 0 radical (unpaired) electrons. The van der Waals surface area contributed by atoms with E-state index in [-0.39, 0.29) is 17.0 Å². The van der Waals surface area contributed by atoms with Gasteiger partial charge in [0.2, 0.25) is 0 Å². The zero-order chi connectivity index (χ0) is 24.8. The lowest BCUT2D eigenvalue weighted by Gasteiger charge is -2.16. The molecule has 1 aromatic carbocycles. The number of hydrogen-bond acceptors (Lipinski definition) is 9. The van der Waals surface area contributed by atoms with Crippen LogP contribution in [0.1, 0.15) is 11.8 Å². The van der Waals surface area contributed by atoms with Crippen molar-refractivity contribution in [2.75, 3.05) is 11.9 Å². The summed E-state index contributed by atoms with van der Waals surface area (Å²) in [5.74, 6) is -7.07. The Morgan fingerprint density at radius 3 is 2.53 bits per heavy atom. The van der Waals surface area contributed by atoms with Crippen molar-refractivity contribution >= 4 is 24.8 Å². The number of ether oxygens (including phenoxy) is 1. The first kappa shape index (κ1) is 24.4. The van der Waals surface area contributed by atoms with E-state index in [4.69, 9.17) is 14.5 Å². The van der Waals surface area contributed by atoms with Crippen molar-refractivity contribution in [2.24, 2.45) is 0 Å². The molecular formula is C17H16F4N5O7P. The van der Waals surface area contributed by atoms with E-state index in [1.807, 2.05) is 0 Å². The van der Waals surface area contributed by atoms with Crippen molar-refractivity contribution in [3.63, 3.8) is 0 Å². The van der Waals surface area contributed by atoms with Gasteiger partial charge >= 0.3 is 7.82 Å². The first-order valence-electron chi connectivity index (χ1n) is 9.43. The molecule has 1 aliphatic heterocycles. The Labute approximate surface area is 187 Å². The van der Waals surface area contributed by atoms with Gasteiger partial charge in [0.25, 0.3) is 0 Å². The lowest BCUT2D eigenvalue weighted by Crippen LogP contribution is -2.33. The van der Waals surface area contributed by atoms with Crippen LogP contribution in [0.15, 0.2) is 18.7 Å². The number of phosphoric ester groups is 1. The molecule has 17 heteroatoms. The van der Waals surface area contributed by atoms with Gasteiger partial charge in [-0.2, -0.15) is 0 Å². The van der Waals surface area contributed by atoms with Crippen molar-refractivity contribution in [3.8, 4) is 0 Å². The Balaban J connectivity index is 1.56.